The molecular formula is C21H22Cl2N6O4. The summed E-state index contributed by atoms with van der Waals surface area (Å²) < 4.78 is 0. The van der Waals surface area contributed by atoms with Gasteiger partial charge in [0.1, 0.15) is 11.5 Å². The van der Waals surface area contributed by atoms with Gasteiger partial charge in [0, 0.05) is 29.7 Å². The number of benzene rings is 1. The number of phenolic OH excluding ortho intramolecular Hbond substituents is 1. The Balaban J connectivity index is 1.63. The highest BCUT2D eigenvalue weighted by molar-refractivity contribution is 6.35. The number of aliphatic imine (C=N–C) groups is 1. The molecule has 1 unspecified atom stereocenters. The van der Waals surface area contributed by atoms with E-state index >= 15 is 0 Å². The van der Waals surface area contributed by atoms with Crippen LogP contribution in [-0.2, 0) is 9.59 Å². The minimum atomic E-state index is -0.878. The second-order valence-electron chi connectivity index (χ2n) is 7.28. The summed E-state index contributed by atoms with van der Waals surface area (Å²) in [4.78, 5) is 44.9. The van der Waals surface area contributed by atoms with Gasteiger partial charge >= 0.3 is 0 Å². The van der Waals surface area contributed by atoms with Crippen molar-refractivity contribution in [2.75, 3.05) is 25.0 Å². The fourth-order valence-electron chi connectivity index (χ4n) is 3.14. The summed E-state index contributed by atoms with van der Waals surface area (Å²) in [5.74, 6) is -1.00. The van der Waals surface area contributed by atoms with Gasteiger partial charge in [0.25, 0.3) is 5.91 Å². The van der Waals surface area contributed by atoms with Crippen LogP contribution in [0.4, 0.5) is 5.69 Å². The van der Waals surface area contributed by atoms with Crippen LogP contribution in [0.15, 0.2) is 35.6 Å². The van der Waals surface area contributed by atoms with Crippen molar-refractivity contribution in [3.05, 3.63) is 51.8 Å². The lowest BCUT2D eigenvalue weighted by atomic mass is 10.0. The number of amides is 2. The summed E-state index contributed by atoms with van der Waals surface area (Å²) in [5.41, 5.74) is 1.01. The van der Waals surface area contributed by atoms with Crippen LogP contribution in [-0.4, -0.2) is 53.3 Å². The molecule has 2 aromatic rings. The van der Waals surface area contributed by atoms with Crippen LogP contribution < -0.4 is 21.3 Å². The highest BCUT2D eigenvalue weighted by Crippen LogP contribution is 2.36. The third-order valence-corrected chi connectivity index (χ3v) is 5.11. The molecule has 33 heavy (non-hydrogen) atoms. The quantitative estimate of drug-likeness (QED) is 0.379. The van der Waals surface area contributed by atoms with Crippen molar-refractivity contribution in [1.82, 2.24) is 20.9 Å². The van der Waals surface area contributed by atoms with E-state index in [-0.39, 0.29) is 45.7 Å². The molecule has 12 heteroatoms. The van der Waals surface area contributed by atoms with E-state index in [4.69, 9.17) is 23.2 Å². The van der Waals surface area contributed by atoms with Crippen LogP contribution in [0.1, 0.15) is 35.3 Å². The number of Topliss-reactive ketones (excluding diaryl/α,β-unsaturated/α-hetero) is 1. The molecule has 1 aromatic heterocycles. The summed E-state index contributed by atoms with van der Waals surface area (Å²) >= 11 is 12.0. The number of halogens is 2. The number of nitrogens with one attached hydrogen (secondary N) is 4. The van der Waals surface area contributed by atoms with Gasteiger partial charge < -0.3 is 26.4 Å². The zero-order chi connectivity index (χ0) is 24.0. The molecule has 0 saturated carbocycles. The van der Waals surface area contributed by atoms with Crippen LogP contribution in [0, 0.1) is 0 Å². The third kappa shape index (κ3) is 6.80. The van der Waals surface area contributed by atoms with E-state index in [0.29, 0.717) is 18.2 Å². The number of guanidine groups is 1. The lowest BCUT2D eigenvalue weighted by Crippen LogP contribution is -2.39. The Morgan fingerprint density at radius 3 is 2.70 bits per heavy atom. The molecule has 0 aliphatic carbocycles. The average molecular weight is 493 g/mol. The van der Waals surface area contributed by atoms with E-state index in [1.165, 1.54) is 25.3 Å². The number of carbonyl (C=O) groups is 3. The van der Waals surface area contributed by atoms with Gasteiger partial charge in [-0.1, -0.05) is 23.2 Å². The van der Waals surface area contributed by atoms with Crippen molar-refractivity contribution in [3.63, 3.8) is 0 Å². The summed E-state index contributed by atoms with van der Waals surface area (Å²) in [6.07, 6.45) is 2.81. The Bertz CT molecular complexity index is 1110. The van der Waals surface area contributed by atoms with Gasteiger partial charge in [0.2, 0.25) is 5.91 Å². The first-order valence-corrected chi connectivity index (χ1v) is 10.7. The predicted octanol–water partition coefficient (Wildman–Crippen LogP) is 2.03. The summed E-state index contributed by atoms with van der Waals surface area (Å²) in [6, 6.07) is 3.47. The molecule has 0 saturated heterocycles. The van der Waals surface area contributed by atoms with Crippen LogP contribution >= 0.6 is 23.2 Å². The van der Waals surface area contributed by atoms with Gasteiger partial charge in [0.15, 0.2) is 5.96 Å². The van der Waals surface area contributed by atoms with Crippen molar-refractivity contribution in [2.24, 2.45) is 4.99 Å². The van der Waals surface area contributed by atoms with Crippen molar-refractivity contribution in [1.29, 1.82) is 0 Å². The third-order valence-electron chi connectivity index (χ3n) is 4.61. The van der Waals surface area contributed by atoms with E-state index in [2.05, 4.69) is 31.2 Å². The lowest BCUT2D eigenvalue weighted by molar-refractivity contribution is -0.121. The molecule has 2 amide bonds. The highest BCUT2D eigenvalue weighted by Gasteiger charge is 2.22. The number of rotatable bonds is 8. The van der Waals surface area contributed by atoms with Gasteiger partial charge in [-0.25, -0.2) is 0 Å². The lowest BCUT2D eigenvalue weighted by Gasteiger charge is -2.20. The van der Waals surface area contributed by atoms with Crippen LogP contribution in [0.5, 0.6) is 5.75 Å². The Kier molecular flexibility index (Phi) is 8.07. The minimum absolute atomic E-state index is 0.00615. The topological polar surface area (TPSA) is 145 Å². The molecule has 174 valence electrons. The molecule has 1 aromatic carbocycles. The van der Waals surface area contributed by atoms with Crippen molar-refractivity contribution in [3.8, 4) is 5.75 Å². The molecule has 10 nitrogen and oxygen atoms in total. The number of pyridine rings is 1. The average Bonchev–Trinajstić information content (AvgIpc) is 3.27. The van der Waals surface area contributed by atoms with E-state index in [9.17, 15) is 19.5 Å². The molecule has 0 bridgehead atoms. The van der Waals surface area contributed by atoms with E-state index in [1.807, 2.05) is 0 Å². The van der Waals surface area contributed by atoms with Crippen LogP contribution in [0.2, 0.25) is 10.0 Å². The molecule has 0 fully saturated rings. The minimum Gasteiger partial charge on any atom is -0.506 e. The molecule has 3 rings (SSSR count). The van der Waals surface area contributed by atoms with Crippen molar-refractivity contribution in [2.45, 2.75) is 19.4 Å². The molecule has 5 N–H and O–H groups in total. The fourth-order valence-corrected chi connectivity index (χ4v) is 3.65. The Morgan fingerprint density at radius 2 is 2.00 bits per heavy atom. The number of aromatic nitrogens is 1. The van der Waals surface area contributed by atoms with Gasteiger partial charge in [-0.2, -0.15) is 0 Å². The largest absolute Gasteiger partial charge is 0.506 e. The van der Waals surface area contributed by atoms with Crippen molar-refractivity contribution >= 4 is 52.4 Å². The number of phenols is 1. The first-order chi connectivity index (χ1) is 15.7. The normalized spacial score (nSPS) is 13.5. The number of anilines is 1. The van der Waals surface area contributed by atoms with Gasteiger partial charge in [-0.3, -0.25) is 24.4 Å². The number of aromatic hydroxyl groups is 1. The molecule has 1 atom stereocenters. The molecule has 0 radical (unpaired) electrons. The van der Waals surface area contributed by atoms with E-state index in [1.54, 1.807) is 12.3 Å². The van der Waals surface area contributed by atoms with Gasteiger partial charge in [0.05, 0.1) is 41.6 Å². The summed E-state index contributed by atoms with van der Waals surface area (Å²) in [5, 5.41) is 21.7. The maximum Gasteiger partial charge on any atom is 0.253 e. The Hall–Kier alpha value is -3.37. The van der Waals surface area contributed by atoms with E-state index in [0.717, 1.165) is 6.54 Å². The van der Waals surface area contributed by atoms with Crippen molar-refractivity contribution < 1.29 is 19.5 Å². The number of ketones is 1. The SMILES string of the molecule is CC(=O)CC(NC(=O)CNC(=O)c1cncc(NC2=NCCN2)c1)c1cc(Cl)cc(Cl)c1O. The number of carbonyl (C=O) groups excluding carboxylic acids is 3. The van der Waals surface area contributed by atoms with E-state index < -0.39 is 17.9 Å². The standard InChI is InChI=1S/C21H22Cl2N6O4/c1-11(30)4-17(15-6-13(22)7-16(23)19(15)32)29-18(31)10-27-20(33)12-5-14(9-24-8-12)28-21-25-2-3-26-21/h5-9,17,32H,2-4,10H2,1H3,(H,27,33)(H,29,31)(H2,25,26,28). The summed E-state index contributed by atoms with van der Waals surface area (Å²) in [7, 11) is 0. The second kappa shape index (κ2) is 11.0. The highest BCUT2D eigenvalue weighted by atomic mass is 35.5. The van der Waals surface area contributed by atoms with Gasteiger partial charge in [-0.05, 0) is 25.1 Å². The Labute approximate surface area is 199 Å². The Morgan fingerprint density at radius 1 is 1.21 bits per heavy atom. The number of hydrogen-bond acceptors (Lipinski definition) is 8. The van der Waals surface area contributed by atoms with Gasteiger partial charge in [-0.15, -0.1) is 0 Å². The zero-order valence-electron chi connectivity index (χ0n) is 17.6. The van der Waals surface area contributed by atoms with Crippen LogP contribution in [0.3, 0.4) is 0 Å². The smallest absolute Gasteiger partial charge is 0.253 e. The summed E-state index contributed by atoms with van der Waals surface area (Å²) in [6.45, 7) is 2.38. The molecule has 1 aliphatic rings. The maximum atomic E-state index is 12.5. The maximum absolute atomic E-state index is 12.5. The fraction of sp³-hybridized carbons (Fsp3) is 0.286. The molecule has 2 heterocycles. The molecule has 0 spiro atoms. The monoisotopic (exact) mass is 492 g/mol. The first-order valence-electron chi connectivity index (χ1n) is 9.98. The predicted molar refractivity (Wildman–Crippen MR) is 125 cm³/mol. The molecular weight excluding hydrogens is 471 g/mol. The number of hydrogen-bond donors (Lipinski definition) is 5. The van der Waals surface area contributed by atoms with Crippen LogP contribution in [0.25, 0.3) is 0 Å². The number of nitrogens with zero attached hydrogens (tertiary/aromatic N) is 2. The first kappa shape index (κ1) is 24.3. The zero-order valence-corrected chi connectivity index (χ0v) is 19.1. The second-order valence-corrected chi connectivity index (χ2v) is 8.12. The molecule has 1 aliphatic heterocycles.